The lowest BCUT2D eigenvalue weighted by Gasteiger charge is -2.22. The van der Waals surface area contributed by atoms with E-state index < -0.39 is 0 Å². The molecule has 0 aliphatic heterocycles. The van der Waals surface area contributed by atoms with Crippen molar-refractivity contribution < 1.29 is 9.90 Å². The van der Waals surface area contributed by atoms with Gasteiger partial charge in [0.2, 0.25) is 0 Å². The van der Waals surface area contributed by atoms with Gasteiger partial charge in [0.15, 0.2) is 0 Å². The zero-order valence-corrected chi connectivity index (χ0v) is 19.6. The Labute approximate surface area is 198 Å². The molecular formula is C27H26ClN3O2. The number of pyridine rings is 1. The Bertz CT molecular complexity index is 1330. The molecule has 33 heavy (non-hydrogen) atoms. The quantitative estimate of drug-likeness (QED) is 0.404. The molecule has 0 saturated carbocycles. The summed E-state index contributed by atoms with van der Waals surface area (Å²) < 4.78 is 0. The molecule has 3 N–H and O–H groups in total. The SMILES string of the molecule is Cc1cc(Cl)cc(-c2cnc3ccc(-c4cccc(O)c4)cc3c2C(=O)N(C)CC(C)N)c1. The third-order valence-electron chi connectivity index (χ3n) is 5.52. The van der Waals surface area contributed by atoms with Gasteiger partial charge >= 0.3 is 0 Å². The maximum atomic E-state index is 13.7. The summed E-state index contributed by atoms with van der Waals surface area (Å²) >= 11 is 6.35. The van der Waals surface area contributed by atoms with E-state index in [4.69, 9.17) is 17.3 Å². The molecule has 0 aliphatic rings. The van der Waals surface area contributed by atoms with Crippen molar-refractivity contribution in [2.75, 3.05) is 13.6 Å². The van der Waals surface area contributed by atoms with Gasteiger partial charge in [0, 0.05) is 41.8 Å². The van der Waals surface area contributed by atoms with Gasteiger partial charge in [0.05, 0.1) is 11.1 Å². The van der Waals surface area contributed by atoms with Crippen molar-refractivity contribution in [2.45, 2.75) is 19.9 Å². The highest BCUT2D eigenvalue weighted by atomic mass is 35.5. The number of phenols is 1. The van der Waals surface area contributed by atoms with Gasteiger partial charge in [-0.3, -0.25) is 9.78 Å². The zero-order valence-electron chi connectivity index (χ0n) is 18.8. The van der Waals surface area contributed by atoms with Crippen LogP contribution in [-0.4, -0.2) is 40.5 Å². The number of aryl methyl sites for hydroxylation is 1. The standard InChI is InChI=1S/C27H26ClN3O2/c1-16-9-20(11-21(28)10-16)24-14-30-25-8-7-19(18-5-4-6-22(32)12-18)13-23(25)26(24)27(33)31(3)15-17(2)29/h4-14,17,32H,15,29H2,1-3H3. The lowest BCUT2D eigenvalue weighted by atomic mass is 9.93. The van der Waals surface area contributed by atoms with Crippen LogP contribution in [0.1, 0.15) is 22.8 Å². The normalized spacial score (nSPS) is 12.0. The number of carbonyl (C=O) groups is 1. The van der Waals surface area contributed by atoms with Crippen LogP contribution in [0.2, 0.25) is 5.02 Å². The lowest BCUT2D eigenvalue weighted by Crippen LogP contribution is -2.37. The average molecular weight is 460 g/mol. The fourth-order valence-electron chi connectivity index (χ4n) is 4.10. The van der Waals surface area contributed by atoms with Crippen molar-refractivity contribution in [1.82, 2.24) is 9.88 Å². The van der Waals surface area contributed by atoms with Gasteiger partial charge in [-0.05, 0) is 72.5 Å². The molecule has 0 bridgehead atoms. The minimum absolute atomic E-state index is 0.139. The van der Waals surface area contributed by atoms with E-state index in [1.165, 1.54) is 0 Å². The number of hydrogen-bond acceptors (Lipinski definition) is 4. The summed E-state index contributed by atoms with van der Waals surface area (Å²) in [5.74, 6) is 0.0437. The fraction of sp³-hybridized carbons (Fsp3) is 0.185. The largest absolute Gasteiger partial charge is 0.508 e. The Kier molecular flexibility index (Phi) is 6.36. The summed E-state index contributed by atoms with van der Waals surface area (Å²) in [5, 5.41) is 11.3. The first kappa shape index (κ1) is 22.8. The first-order valence-corrected chi connectivity index (χ1v) is 11.1. The van der Waals surface area contributed by atoms with Crippen LogP contribution in [0.3, 0.4) is 0 Å². The number of phenolic OH excluding ortho intramolecular Hbond substituents is 1. The molecule has 0 saturated heterocycles. The summed E-state index contributed by atoms with van der Waals surface area (Å²) in [6, 6.07) is 18.4. The number of likely N-dealkylation sites (N-methyl/N-ethyl adjacent to an activating group) is 1. The Morgan fingerprint density at radius 3 is 2.55 bits per heavy atom. The van der Waals surface area contributed by atoms with E-state index in [-0.39, 0.29) is 17.7 Å². The highest BCUT2D eigenvalue weighted by Crippen LogP contribution is 2.34. The summed E-state index contributed by atoms with van der Waals surface area (Å²) in [5.41, 5.74) is 11.5. The Morgan fingerprint density at radius 1 is 1.09 bits per heavy atom. The van der Waals surface area contributed by atoms with E-state index in [1.807, 2.05) is 56.3 Å². The Balaban J connectivity index is 1.99. The van der Waals surface area contributed by atoms with Crippen LogP contribution in [0.25, 0.3) is 33.2 Å². The lowest BCUT2D eigenvalue weighted by molar-refractivity contribution is 0.0791. The Hall–Kier alpha value is -3.41. The molecule has 1 unspecified atom stereocenters. The van der Waals surface area contributed by atoms with Crippen molar-refractivity contribution in [3.8, 4) is 28.0 Å². The first-order chi connectivity index (χ1) is 15.7. The second-order valence-corrected chi connectivity index (χ2v) is 8.95. The number of carbonyl (C=O) groups excluding carboxylic acids is 1. The fourth-order valence-corrected chi connectivity index (χ4v) is 4.39. The minimum atomic E-state index is -0.160. The number of nitrogens with zero attached hydrogens (tertiary/aromatic N) is 2. The number of fused-ring (bicyclic) bond motifs is 1. The smallest absolute Gasteiger partial charge is 0.255 e. The van der Waals surface area contributed by atoms with Gasteiger partial charge in [-0.1, -0.05) is 35.9 Å². The number of aromatic hydroxyl groups is 1. The number of amides is 1. The monoisotopic (exact) mass is 459 g/mol. The number of benzene rings is 3. The molecule has 5 nitrogen and oxygen atoms in total. The Morgan fingerprint density at radius 2 is 1.85 bits per heavy atom. The number of halogens is 1. The van der Waals surface area contributed by atoms with Gasteiger partial charge in [0.25, 0.3) is 5.91 Å². The van der Waals surface area contributed by atoms with Crippen LogP contribution in [0, 0.1) is 6.92 Å². The van der Waals surface area contributed by atoms with Crippen molar-refractivity contribution in [3.63, 3.8) is 0 Å². The molecule has 0 spiro atoms. The number of rotatable bonds is 5. The minimum Gasteiger partial charge on any atom is -0.508 e. The van der Waals surface area contributed by atoms with E-state index in [2.05, 4.69) is 4.98 Å². The van der Waals surface area contributed by atoms with Crippen molar-refractivity contribution in [1.29, 1.82) is 0 Å². The molecule has 6 heteroatoms. The van der Waals surface area contributed by atoms with Gasteiger partial charge in [0.1, 0.15) is 5.75 Å². The van der Waals surface area contributed by atoms with Crippen LogP contribution < -0.4 is 5.73 Å². The third kappa shape index (κ3) is 4.85. The molecule has 4 aromatic rings. The number of nitrogens with two attached hydrogens (primary N) is 1. The van der Waals surface area contributed by atoms with Gasteiger partial charge < -0.3 is 15.7 Å². The molecule has 0 fully saturated rings. The molecule has 1 amide bonds. The summed E-state index contributed by atoms with van der Waals surface area (Å²) in [6.45, 7) is 4.26. The second kappa shape index (κ2) is 9.22. The molecule has 1 atom stereocenters. The van der Waals surface area contributed by atoms with Crippen molar-refractivity contribution in [2.24, 2.45) is 5.73 Å². The second-order valence-electron chi connectivity index (χ2n) is 8.51. The van der Waals surface area contributed by atoms with Crippen molar-refractivity contribution in [3.05, 3.63) is 83.0 Å². The van der Waals surface area contributed by atoms with E-state index >= 15 is 0 Å². The topological polar surface area (TPSA) is 79.5 Å². The number of hydrogen-bond donors (Lipinski definition) is 2. The molecule has 0 radical (unpaired) electrons. The van der Waals surface area contributed by atoms with Gasteiger partial charge in [-0.2, -0.15) is 0 Å². The van der Waals surface area contributed by atoms with Gasteiger partial charge in [-0.25, -0.2) is 0 Å². The molecule has 1 heterocycles. The molecule has 4 rings (SSSR count). The molecule has 3 aromatic carbocycles. The predicted molar refractivity (Wildman–Crippen MR) is 135 cm³/mol. The van der Waals surface area contributed by atoms with Crippen LogP contribution in [0.5, 0.6) is 5.75 Å². The third-order valence-corrected chi connectivity index (χ3v) is 5.74. The van der Waals surface area contributed by atoms with Gasteiger partial charge in [-0.15, -0.1) is 0 Å². The summed E-state index contributed by atoms with van der Waals surface area (Å²) in [6.07, 6.45) is 1.73. The van der Waals surface area contributed by atoms with E-state index in [0.717, 1.165) is 27.6 Å². The molecule has 0 aliphatic carbocycles. The van der Waals surface area contributed by atoms with Crippen LogP contribution in [0.15, 0.2) is 66.9 Å². The maximum Gasteiger partial charge on any atom is 0.255 e. The van der Waals surface area contributed by atoms with E-state index in [9.17, 15) is 9.90 Å². The molecular weight excluding hydrogens is 434 g/mol. The van der Waals surface area contributed by atoms with E-state index in [0.29, 0.717) is 28.2 Å². The summed E-state index contributed by atoms with van der Waals surface area (Å²) in [7, 11) is 1.75. The van der Waals surface area contributed by atoms with Crippen LogP contribution in [-0.2, 0) is 0 Å². The molecule has 1 aromatic heterocycles. The highest BCUT2D eigenvalue weighted by molar-refractivity contribution is 6.31. The average Bonchev–Trinajstić information content (AvgIpc) is 2.76. The predicted octanol–water partition coefficient (Wildman–Crippen LogP) is 5.66. The number of aromatic nitrogens is 1. The van der Waals surface area contributed by atoms with Crippen LogP contribution >= 0.6 is 11.6 Å². The molecule has 168 valence electrons. The highest BCUT2D eigenvalue weighted by Gasteiger charge is 2.22. The van der Waals surface area contributed by atoms with E-state index in [1.54, 1.807) is 36.3 Å². The summed E-state index contributed by atoms with van der Waals surface area (Å²) in [4.78, 5) is 20.0. The zero-order chi connectivity index (χ0) is 23.7. The first-order valence-electron chi connectivity index (χ1n) is 10.7. The van der Waals surface area contributed by atoms with Crippen LogP contribution in [0.4, 0.5) is 0 Å². The van der Waals surface area contributed by atoms with Crippen molar-refractivity contribution >= 4 is 28.4 Å². The maximum absolute atomic E-state index is 13.7.